The lowest BCUT2D eigenvalue weighted by atomic mass is 10.3. The van der Waals surface area contributed by atoms with E-state index in [0.29, 0.717) is 16.9 Å². The number of rotatable bonds is 7. The molecular weight excluding hydrogens is 352 g/mol. The highest BCUT2D eigenvalue weighted by molar-refractivity contribution is 8.00. The molecule has 0 unspecified atom stereocenters. The highest BCUT2D eigenvalue weighted by Crippen LogP contribution is 2.26. The number of nitrogens with one attached hydrogen (secondary N) is 1. The van der Waals surface area contributed by atoms with Crippen LogP contribution in [0.1, 0.15) is 33.2 Å². The molecule has 0 bridgehead atoms. The molecule has 0 aliphatic rings. The molecule has 0 aliphatic heterocycles. The summed E-state index contributed by atoms with van der Waals surface area (Å²) >= 11 is 1.21. The largest absolute Gasteiger partial charge is 0.411 e. The van der Waals surface area contributed by atoms with Crippen molar-refractivity contribution in [1.82, 2.24) is 25.0 Å². The third-order valence-electron chi connectivity index (χ3n) is 3.89. The molecular formula is C17H20N6O2S. The second-order valence-electron chi connectivity index (χ2n) is 5.78. The van der Waals surface area contributed by atoms with Gasteiger partial charge in [-0.25, -0.2) is 4.68 Å². The van der Waals surface area contributed by atoms with Gasteiger partial charge < -0.3 is 9.73 Å². The first-order valence-corrected chi connectivity index (χ1v) is 9.21. The first kappa shape index (κ1) is 18.1. The summed E-state index contributed by atoms with van der Waals surface area (Å²) < 4.78 is 7.42. The second kappa shape index (κ2) is 8.13. The normalized spacial score (nSPS) is 13.3. The Morgan fingerprint density at radius 2 is 2.15 bits per heavy atom. The van der Waals surface area contributed by atoms with Crippen molar-refractivity contribution in [3.63, 3.8) is 0 Å². The summed E-state index contributed by atoms with van der Waals surface area (Å²) in [4.78, 5) is 16.5. The first-order valence-electron chi connectivity index (χ1n) is 8.33. The summed E-state index contributed by atoms with van der Waals surface area (Å²) in [5, 5.41) is 15.1. The Kier molecular flexibility index (Phi) is 5.67. The van der Waals surface area contributed by atoms with Crippen LogP contribution in [0.3, 0.4) is 0 Å². The molecule has 0 spiro atoms. The number of pyridine rings is 1. The van der Waals surface area contributed by atoms with Gasteiger partial charge in [0.1, 0.15) is 5.82 Å². The Labute approximate surface area is 155 Å². The van der Waals surface area contributed by atoms with E-state index in [-0.39, 0.29) is 11.9 Å². The van der Waals surface area contributed by atoms with E-state index in [2.05, 4.69) is 39.4 Å². The summed E-state index contributed by atoms with van der Waals surface area (Å²) in [5.41, 5.74) is 0.737. The van der Waals surface area contributed by atoms with Gasteiger partial charge in [-0.15, -0.1) is 10.2 Å². The summed E-state index contributed by atoms with van der Waals surface area (Å²) in [6.07, 6.45) is 5.92. The van der Waals surface area contributed by atoms with E-state index >= 15 is 0 Å². The Hall–Kier alpha value is -2.68. The summed E-state index contributed by atoms with van der Waals surface area (Å²) in [6, 6.07) is 5.62. The molecule has 3 rings (SSSR count). The number of aromatic nitrogens is 5. The Bertz CT molecular complexity index is 863. The van der Waals surface area contributed by atoms with Crippen LogP contribution in [0.25, 0.3) is 11.5 Å². The van der Waals surface area contributed by atoms with E-state index in [4.69, 9.17) is 4.42 Å². The minimum atomic E-state index is -0.405. The van der Waals surface area contributed by atoms with E-state index in [1.54, 1.807) is 37.6 Å². The van der Waals surface area contributed by atoms with Crippen molar-refractivity contribution in [1.29, 1.82) is 0 Å². The van der Waals surface area contributed by atoms with Crippen LogP contribution in [-0.2, 0) is 4.79 Å². The molecule has 2 atom stereocenters. The van der Waals surface area contributed by atoms with Gasteiger partial charge in [-0.3, -0.25) is 9.78 Å². The number of hydrogen-bond donors (Lipinski definition) is 1. The fourth-order valence-electron chi connectivity index (χ4n) is 2.23. The van der Waals surface area contributed by atoms with Gasteiger partial charge >= 0.3 is 0 Å². The van der Waals surface area contributed by atoms with Crippen LogP contribution in [0.2, 0.25) is 0 Å². The zero-order valence-electron chi connectivity index (χ0n) is 14.8. The maximum Gasteiger partial charge on any atom is 0.277 e. The Balaban J connectivity index is 1.63. The molecule has 0 saturated heterocycles. The molecule has 0 radical (unpaired) electrons. The van der Waals surface area contributed by atoms with Crippen molar-refractivity contribution >= 4 is 23.5 Å². The van der Waals surface area contributed by atoms with Gasteiger partial charge in [0.15, 0.2) is 0 Å². The van der Waals surface area contributed by atoms with Crippen molar-refractivity contribution in [3.05, 3.63) is 36.8 Å². The quantitative estimate of drug-likeness (QED) is 0.634. The minimum Gasteiger partial charge on any atom is -0.411 e. The molecule has 0 fully saturated rings. The van der Waals surface area contributed by atoms with Gasteiger partial charge in [0.2, 0.25) is 11.8 Å². The molecule has 0 saturated carbocycles. The fourth-order valence-corrected chi connectivity index (χ4v) is 2.92. The van der Waals surface area contributed by atoms with Crippen molar-refractivity contribution < 1.29 is 9.21 Å². The summed E-state index contributed by atoms with van der Waals surface area (Å²) in [5.74, 6) is 0.905. The summed E-state index contributed by atoms with van der Waals surface area (Å²) in [7, 11) is 0. The number of amides is 1. The second-order valence-corrected chi connectivity index (χ2v) is 7.07. The summed E-state index contributed by atoms with van der Waals surface area (Å²) in [6.45, 7) is 5.92. The van der Waals surface area contributed by atoms with Gasteiger partial charge in [0.25, 0.3) is 5.22 Å². The molecule has 1 N–H and O–H groups in total. The monoisotopic (exact) mass is 372 g/mol. The van der Waals surface area contributed by atoms with Crippen LogP contribution in [0.15, 0.2) is 46.4 Å². The Morgan fingerprint density at radius 3 is 2.88 bits per heavy atom. The first-order chi connectivity index (χ1) is 12.6. The molecule has 9 heteroatoms. The molecule has 3 heterocycles. The van der Waals surface area contributed by atoms with Crippen LogP contribution in [0, 0.1) is 0 Å². The van der Waals surface area contributed by atoms with E-state index in [9.17, 15) is 4.79 Å². The number of hydrogen-bond acceptors (Lipinski definition) is 7. The zero-order valence-corrected chi connectivity index (χ0v) is 15.6. The average Bonchev–Trinajstić information content (AvgIpc) is 3.31. The van der Waals surface area contributed by atoms with Crippen molar-refractivity contribution in [2.24, 2.45) is 0 Å². The van der Waals surface area contributed by atoms with Gasteiger partial charge in [-0.05, 0) is 32.4 Å². The lowest BCUT2D eigenvalue weighted by Crippen LogP contribution is -2.24. The molecule has 1 amide bonds. The van der Waals surface area contributed by atoms with Crippen LogP contribution >= 0.6 is 11.8 Å². The highest BCUT2D eigenvalue weighted by Gasteiger charge is 2.20. The SMILES string of the molecule is CC[C@@H](C)n1nccc1NC(=O)[C@H](C)Sc1nnc(-c2cccnc2)o1. The molecule has 26 heavy (non-hydrogen) atoms. The third kappa shape index (κ3) is 4.10. The molecule has 0 aliphatic carbocycles. The van der Waals surface area contributed by atoms with Crippen molar-refractivity contribution in [3.8, 4) is 11.5 Å². The maximum absolute atomic E-state index is 12.5. The lowest BCUT2D eigenvalue weighted by Gasteiger charge is -2.15. The van der Waals surface area contributed by atoms with Gasteiger partial charge in [-0.2, -0.15) is 5.10 Å². The highest BCUT2D eigenvalue weighted by atomic mass is 32.2. The predicted molar refractivity (Wildman–Crippen MR) is 98.7 cm³/mol. The number of thioether (sulfide) groups is 1. The molecule has 0 aromatic carbocycles. The smallest absolute Gasteiger partial charge is 0.277 e. The average molecular weight is 372 g/mol. The Morgan fingerprint density at radius 1 is 1.31 bits per heavy atom. The molecule has 3 aromatic rings. The fraction of sp³-hybridized carbons (Fsp3) is 0.353. The number of carbonyl (C=O) groups excluding carboxylic acids is 1. The van der Waals surface area contributed by atoms with Crippen LogP contribution in [-0.4, -0.2) is 36.1 Å². The van der Waals surface area contributed by atoms with Gasteiger partial charge in [0.05, 0.1) is 23.1 Å². The maximum atomic E-state index is 12.5. The van der Waals surface area contributed by atoms with Crippen molar-refractivity contribution in [2.75, 3.05) is 5.32 Å². The van der Waals surface area contributed by atoms with Crippen LogP contribution in [0.4, 0.5) is 5.82 Å². The number of carbonyl (C=O) groups is 1. The van der Waals surface area contributed by atoms with Crippen LogP contribution < -0.4 is 5.32 Å². The van der Waals surface area contributed by atoms with E-state index in [1.807, 2.05) is 10.7 Å². The van der Waals surface area contributed by atoms with E-state index in [0.717, 1.165) is 12.0 Å². The predicted octanol–water partition coefficient (Wildman–Crippen LogP) is 3.42. The third-order valence-corrected chi connectivity index (χ3v) is 4.83. The number of nitrogens with zero attached hydrogens (tertiary/aromatic N) is 5. The standard InChI is InChI=1S/C17H20N6O2S/c1-4-11(2)23-14(7-9-19-23)20-15(24)12(3)26-17-22-21-16(25-17)13-6-5-8-18-10-13/h5-12H,4H2,1-3H3,(H,20,24)/t11-,12+/m1/s1. The van der Waals surface area contributed by atoms with Crippen LogP contribution in [0.5, 0.6) is 0 Å². The molecule has 136 valence electrons. The van der Waals surface area contributed by atoms with Crippen molar-refractivity contribution in [2.45, 2.75) is 43.7 Å². The van der Waals surface area contributed by atoms with E-state index in [1.165, 1.54) is 11.8 Å². The molecule has 8 nitrogen and oxygen atoms in total. The topological polar surface area (TPSA) is 98.7 Å². The molecule has 3 aromatic heterocycles. The lowest BCUT2D eigenvalue weighted by molar-refractivity contribution is -0.115. The zero-order chi connectivity index (χ0) is 18.5. The minimum absolute atomic E-state index is 0.152. The van der Waals surface area contributed by atoms with Gasteiger partial charge in [0, 0.05) is 18.5 Å². The van der Waals surface area contributed by atoms with E-state index < -0.39 is 5.25 Å². The number of anilines is 1. The van der Waals surface area contributed by atoms with Gasteiger partial charge in [-0.1, -0.05) is 18.7 Å².